The second-order valence-electron chi connectivity index (χ2n) is 11.8. The zero-order valence-electron chi connectivity index (χ0n) is 24.2. The fraction of sp³-hybridized carbons (Fsp3) is 0.929. The van der Waals surface area contributed by atoms with Gasteiger partial charge in [0.25, 0.3) is 0 Å². The van der Waals surface area contributed by atoms with E-state index in [2.05, 4.69) is 32.6 Å². The van der Waals surface area contributed by atoms with Gasteiger partial charge >= 0.3 is 0 Å². The Hall–Kier alpha value is -1.18. The molecule has 2 rings (SSSR count). The van der Waals surface area contributed by atoms with Crippen molar-refractivity contribution in [3.8, 4) is 0 Å². The van der Waals surface area contributed by atoms with E-state index in [0.29, 0.717) is 26.3 Å². The first-order valence-corrected chi connectivity index (χ1v) is 13.7. The molecule has 35 heavy (non-hydrogen) atoms. The number of carbonyl (C=O) groups excluding carboxylic acids is 2. The molecule has 7 heteroatoms. The Kier molecular flexibility index (Phi) is 13.8. The molecule has 0 unspecified atom stereocenters. The summed E-state index contributed by atoms with van der Waals surface area (Å²) in [6.07, 6.45) is 3.59. The van der Waals surface area contributed by atoms with Crippen LogP contribution in [-0.2, 0) is 23.8 Å². The summed E-state index contributed by atoms with van der Waals surface area (Å²) in [5.41, 5.74) is -0.325. The Labute approximate surface area is 215 Å². The van der Waals surface area contributed by atoms with Crippen molar-refractivity contribution in [2.75, 3.05) is 52.7 Å². The zero-order valence-corrected chi connectivity index (χ0v) is 24.2. The fourth-order valence-electron chi connectivity index (χ4n) is 4.83. The van der Waals surface area contributed by atoms with Crippen LogP contribution in [0.25, 0.3) is 0 Å². The molecule has 0 bridgehead atoms. The lowest BCUT2D eigenvalue weighted by Gasteiger charge is -2.41. The second-order valence-corrected chi connectivity index (χ2v) is 11.8. The Morgan fingerprint density at radius 2 is 1.17 bits per heavy atom. The minimum Gasteiger partial charge on any atom is -0.381 e. The van der Waals surface area contributed by atoms with Gasteiger partial charge in [0, 0.05) is 75.3 Å². The molecule has 2 saturated heterocycles. The summed E-state index contributed by atoms with van der Waals surface area (Å²) < 4.78 is 17.2. The van der Waals surface area contributed by atoms with Gasteiger partial charge in [-0.25, -0.2) is 0 Å². The van der Waals surface area contributed by atoms with Gasteiger partial charge in [0.05, 0.1) is 13.2 Å². The molecule has 2 amide bonds. The molecular weight excluding hydrogens is 444 g/mol. The number of carbonyl (C=O) groups is 2. The first-order chi connectivity index (χ1) is 16.4. The second kappa shape index (κ2) is 15.2. The number of rotatable bonds is 11. The minimum absolute atomic E-state index is 0.0220. The van der Waals surface area contributed by atoms with Crippen molar-refractivity contribution < 1.29 is 23.8 Å². The van der Waals surface area contributed by atoms with E-state index in [9.17, 15) is 9.59 Å². The number of nitrogens with zero attached hydrogens (tertiary/aromatic N) is 2. The van der Waals surface area contributed by atoms with Crippen LogP contribution in [0.1, 0.15) is 88.0 Å². The first-order valence-electron chi connectivity index (χ1n) is 13.7. The van der Waals surface area contributed by atoms with Gasteiger partial charge in [-0.2, -0.15) is 0 Å². The van der Waals surface area contributed by atoms with Gasteiger partial charge in [0.15, 0.2) is 0 Å². The topological polar surface area (TPSA) is 68.3 Å². The Balaban J connectivity index is 0.00000298. The highest BCUT2D eigenvalue weighted by atomic mass is 16.5. The summed E-state index contributed by atoms with van der Waals surface area (Å²) in [5, 5.41) is 0. The SMILES string of the molecule is CC.CC(=O)N(CC(C)(C)COCC(C)(C)CN(C(=O)C(C)C)C1CCOCC1)C1CCOCC1. The lowest BCUT2D eigenvalue weighted by Crippen LogP contribution is -2.50. The van der Waals surface area contributed by atoms with Crippen LogP contribution in [0.4, 0.5) is 0 Å². The molecule has 2 aliphatic rings. The maximum atomic E-state index is 13.0. The number of hydrogen-bond donors (Lipinski definition) is 0. The third-order valence-electron chi connectivity index (χ3n) is 6.63. The van der Waals surface area contributed by atoms with Gasteiger partial charge in [-0.1, -0.05) is 55.4 Å². The smallest absolute Gasteiger partial charge is 0.225 e. The predicted octanol–water partition coefficient (Wildman–Crippen LogP) is 4.77. The number of ether oxygens (including phenoxy) is 3. The summed E-state index contributed by atoms with van der Waals surface area (Å²) in [6.45, 7) is 23.6. The predicted molar refractivity (Wildman–Crippen MR) is 141 cm³/mol. The lowest BCUT2D eigenvalue weighted by molar-refractivity contribution is -0.141. The standard InChI is InChI=1S/C26H48N2O5.C2H6/c1-20(2)24(30)28(23-10-14-32-15-11-23)17-26(6,7)19-33-18-25(4,5)16-27(21(3)29)22-8-12-31-13-9-22;1-2/h20,22-23H,8-19H2,1-7H3;1-2H3. The molecule has 0 aromatic carbocycles. The van der Waals surface area contributed by atoms with Crippen LogP contribution in [0.15, 0.2) is 0 Å². The van der Waals surface area contributed by atoms with Gasteiger partial charge in [0.1, 0.15) is 0 Å². The normalized spacial score (nSPS) is 18.1. The minimum atomic E-state index is -0.167. The molecule has 0 aliphatic carbocycles. The molecule has 0 spiro atoms. The van der Waals surface area contributed by atoms with Crippen LogP contribution in [-0.4, -0.2) is 86.4 Å². The molecule has 0 aromatic heterocycles. The molecule has 0 N–H and O–H groups in total. The van der Waals surface area contributed by atoms with E-state index in [1.54, 1.807) is 6.92 Å². The summed E-state index contributed by atoms with van der Waals surface area (Å²) in [7, 11) is 0. The zero-order chi connectivity index (χ0) is 26.6. The van der Waals surface area contributed by atoms with E-state index in [0.717, 1.165) is 52.1 Å². The monoisotopic (exact) mass is 498 g/mol. The van der Waals surface area contributed by atoms with Crippen molar-refractivity contribution in [3.05, 3.63) is 0 Å². The summed E-state index contributed by atoms with van der Waals surface area (Å²) in [5.74, 6) is 0.310. The number of amides is 2. The van der Waals surface area contributed by atoms with E-state index in [1.807, 2.05) is 32.6 Å². The van der Waals surface area contributed by atoms with Crippen LogP contribution in [0, 0.1) is 16.7 Å². The quantitative estimate of drug-likeness (QED) is 0.410. The van der Waals surface area contributed by atoms with Crippen molar-refractivity contribution in [3.63, 3.8) is 0 Å². The van der Waals surface area contributed by atoms with E-state index in [1.165, 1.54) is 0 Å². The molecule has 0 saturated carbocycles. The summed E-state index contributed by atoms with van der Waals surface area (Å²) >= 11 is 0. The molecule has 7 nitrogen and oxygen atoms in total. The highest BCUT2D eigenvalue weighted by Crippen LogP contribution is 2.27. The van der Waals surface area contributed by atoms with Gasteiger partial charge in [-0.3, -0.25) is 9.59 Å². The summed E-state index contributed by atoms with van der Waals surface area (Å²) in [4.78, 5) is 29.4. The molecule has 206 valence electrons. The molecule has 2 fully saturated rings. The van der Waals surface area contributed by atoms with Crippen LogP contribution in [0.3, 0.4) is 0 Å². The third-order valence-corrected chi connectivity index (χ3v) is 6.63. The molecule has 2 aliphatic heterocycles. The third kappa shape index (κ3) is 11.2. The van der Waals surface area contributed by atoms with E-state index in [-0.39, 0.29) is 40.6 Å². The Morgan fingerprint density at radius 1 is 0.800 bits per heavy atom. The highest BCUT2D eigenvalue weighted by Gasteiger charge is 2.34. The fourth-order valence-corrected chi connectivity index (χ4v) is 4.83. The van der Waals surface area contributed by atoms with E-state index in [4.69, 9.17) is 14.2 Å². The average Bonchev–Trinajstić information content (AvgIpc) is 2.82. The maximum absolute atomic E-state index is 13.0. The average molecular weight is 499 g/mol. The van der Waals surface area contributed by atoms with Gasteiger partial charge in [-0.15, -0.1) is 0 Å². The first kappa shape index (κ1) is 31.8. The summed E-state index contributed by atoms with van der Waals surface area (Å²) in [6, 6.07) is 0.495. The maximum Gasteiger partial charge on any atom is 0.225 e. The van der Waals surface area contributed by atoms with Crippen LogP contribution in [0.2, 0.25) is 0 Å². The molecule has 0 radical (unpaired) electrons. The largest absolute Gasteiger partial charge is 0.381 e. The lowest BCUT2D eigenvalue weighted by atomic mass is 9.90. The highest BCUT2D eigenvalue weighted by molar-refractivity contribution is 5.78. The van der Waals surface area contributed by atoms with Crippen molar-refractivity contribution >= 4 is 11.8 Å². The van der Waals surface area contributed by atoms with E-state index < -0.39 is 0 Å². The van der Waals surface area contributed by atoms with Gasteiger partial charge in [-0.05, 0) is 25.7 Å². The molecule has 2 heterocycles. The van der Waals surface area contributed by atoms with Crippen molar-refractivity contribution in [2.24, 2.45) is 16.7 Å². The Bertz CT molecular complexity index is 623. The van der Waals surface area contributed by atoms with Crippen molar-refractivity contribution in [1.29, 1.82) is 0 Å². The van der Waals surface area contributed by atoms with Crippen LogP contribution in [0.5, 0.6) is 0 Å². The van der Waals surface area contributed by atoms with Crippen LogP contribution < -0.4 is 0 Å². The molecule has 0 aromatic rings. The Morgan fingerprint density at radius 3 is 1.54 bits per heavy atom. The van der Waals surface area contributed by atoms with Crippen molar-refractivity contribution in [2.45, 2.75) is 100 Å². The van der Waals surface area contributed by atoms with Gasteiger partial charge in [0.2, 0.25) is 11.8 Å². The van der Waals surface area contributed by atoms with E-state index >= 15 is 0 Å². The number of hydrogen-bond acceptors (Lipinski definition) is 5. The van der Waals surface area contributed by atoms with Crippen molar-refractivity contribution in [1.82, 2.24) is 9.80 Å². The molecular formula is C28H54N2O5. The van der Waals surface area contributed by atoms with Gasteiger partial charge < -0.3 is 24.0 Å². The van der Waals surface area contributed by atoms with Crippen LogP contribution >= 0.6 is 0 Å². The molecule has 0 atom stereocenters.